The molecule has 2 atom stereocenters. The Bertz CT molecular complexity index is 504. The molecule has 2 heterocycles. The van der Waals surface area contributed by atoms with Crippen molar-refractivity contribution in [2.75, 3.05) is 18.6 Å². The number of rotatable bonds is 3. The molecule has 2 unspecified atom stereocenters. The van der Waals surface area contributed by atoms with Crippen LogP contribution >= 0.6 is 15.9 Å². The van der Waals surface area contributed by atoms with Gasteiger partial charge in [0.15, 0.2) is 9.84 Å². The van der Waals surface area contributed by atoms with Crippen molar-refractivity contribution in [1.29, 1.82) is 0 Å². The summed E-state index contributed by atoms with van der Waals surface area (Å²) in [6, 6.07) is 2.04. The van der Waals surface area contributed by atoms with Gasteiger partial charge >= 0.3 is 0 Å². The number of hydrogen-bond acceptors (Lipinski definition) is 4. The van der Waals surface area contributed by atoms with Crippen LogP contribution < -0.4 is 5.32 Å². The molecule has 1 N–H and O–H groups in total. The van der Waals surface area contributed by atoms with Gasteiger partial charge in [-0.15, -0.1) is 0 Å². The summed E-state index contributed by atoms with van der Waals surface area (Å²) < 4.78 is 23.9. The average Bonchev–Trinajstić information content (AvgIpc) is 2.60. The first-order valence-electron chi connectivity index (χ1n) is 5.50. The van der Waals surface area contributed by atoms with Gasteiger partial charge in [0, 0.05) is 22.9 Å². The largest absolute Gasteiger partial charge is 0.313 e. The second kappa shape index (κ2) is 5.04. The average molecular weight is 319 g/mol. The van der Waals surface area contributed by atoms with Crippen molar-refractivity contribution >= 4 is 25.8 Å². The fourth-order valence-electron chi connectivity index (χ4n) is 2.36. The molecule has 4 nitrogen and oxygen atoms in total. The van der Waals surface area contributed by atoms with Gasteiger partial charge < -0.3 is 5.32 Å². The molecule has 0 saturated carbocycles. The molecular formula is C11H15BrN2O2S. The summed E-state index contributed by atoms with van der Waals surface area (Å²) in [7, 11) is -0.983. The Morgan fingerprint density at radius 2 is 2.29 bits per heavy atom. The van der Waals surface area contributed by atoms with Crippen LogP contribution in [0.2, 0.25) is 0 Å². The topological polar surface area (TPSA) is 59.1 Å². The first-order valence-corrected chi connectivity index (χ1v) is 8.11. The summed E-state index contributed by atoms with van der Waals surface area (Å²) in [5.74, 6) is 0.712. The predicted octanol–water partition coefficient (Wildman–Crippen LogP) is 1.54. The van der Waals surface area contributed by atoms with Gasteiger partial charge in [-0.05, 0) is 46.9 Å². The van der Waals surface area contributed by atoms with Gasteiger partial charge in [0.2, 0.25) is 0 Å². The van der Waals surface area contributed by atoms with Gasteiger partial charge in [-0.3, -0.25) is 4.98 Å². The second-order valence-corrected chi connectivity index (χ2v) is 7.51. The summed E-state index contributed by atoms with van der Waals surface area (Å²) in [4.78, 5) is 4.12. The molecule has 0 radical (unpaired) electrons. The van der Waals surface area contributed by atoms with Crippen molar-refractivity contribution in [3.8, 4) is 0 Å². The maximum Gasteiger partial charge on any atom is 0.150 e. The quantitative estimate of drug-likeness (QED) is 0.918. The smallest absolute Gasteiger partial charge is 0.150 e. The Hall–Kier alpha value is -0.460. The minimum absolute atomic E-state index is 0.0530. The van der Waals surface area contributed by atoms with Crippen LogP contribution in [-0.2, 0) is 9.84 Å². The van der Waals surface area contributed by atoms with E-state index in [2.05, 4.69) is 26.2 Å². The molecule has 1 fully saturated rings. The third-order valence-corrected chi connectivity index (χ3v) is 5.36. The predicted molar refractivity (Wildman–Crippen MR) is 70.5 cm³/mol. The Morgan fingerprint density at radius 3 is 2.82 bits per heavy atom. The van der Waals surface area contributed by atoms with Crippen LogP contribution in [0.3, 0.4) is 0 Å². The summed E-state index contributed by atoms with van der Waals surface area (Å²) >= 11 is 3.38. The number of nitrogens with one attached hydrogen (secondary N) is 1. The van der Waals surface area contributed by atoms with Crippen LogP contribution in [0, 0.1) is 5.92 Å². The first-order chi connectivity index (χ1) is 8.02. The van der Waals surface area contributed by atoms with Crippen LogP contribution in [0.1, 0.15) is 18.0 Å². The molecule has 1 aliphatic rings. The van der Waals surface area contributed by atoms with Gasteiger partial charge in [-0.1, -0.05) is 0 Å². The molecule has 2 rings (SSSR count). The Morgan fingerprint density at radius 1 is 1.53 bits per heavy atom. The Kier molecular flexibility index (Phi) is 3.85. The highest BCUT2D eigenvalue weighted by Crippen LogP contribution is 2.31. The fourth-order valence-corrected chi connectivity index (χ4v) is 4.58. The molecule has 1 aromatic rings. The van der Waals surface area contributed by atoms with Gasteiger partial charge in [0.05, 0.1) is 11.5 Å². The van der Waals surface area contributed by atoms with Crippen LogP contribution in [0.4, 0.5) is 0 Å². The lowest BCUT2D eigenvalue weighted by molar-refractivity contribution is 0.417. The van der Waals surface area contributed by atoms with Gasteiger partial charge in [0.25, 0.3) is 0 Å². The molecule has 6 heteroatoms. The van der Waals surface area contributed by atoms with E-state index < -0.39 is 9.84 Å². The molecule has 0 amide bonds. The van der Waals surface area contributed by atoms with E-state index in [0.717, 1.165) is 16.5 Å². The monoisotopic (exact) mass is 318 g/mol. The van der Waals surface area contributed by atoms with E-state index in [4.69, 9.17) is 0 Å². The van der Waals surface area contributed by atoms with Gasteiger partial charge in [0.1, 0.15) is 0 Å². The van der Waals surface area contributed by atoms with E-state index in [-0.39, 0.29) is 17.7 Å². The lowest BCUT2D eigenvalue weighted by Crippen LogP contribution is -2.26. The number of halogens is 1. The van der Waals surface area contributed by atoms with Crippen molar-refractivity contribution < 1.29 is 8.42 Å². The van der Waals surface area contributed by atoms with Crippen molar-refractivity contribution in [1.82, 2.24) is 10.3 Å². The third-order valence-electron chi connectivity index (χ3n) is 3.14. The van der Waals surface area contributed by atoms with Crippen LogP contribution in [0.5, 0.6) is 0 Å². The normalized spacial score (nSPS) is 24.7. The molecule has 0 spiro atoms. The second-order valence-electron chi connectivity index (χ2n) is 4.37. The number of nitrogens with zero attached hydrogens (tertiary/aromatic N) is 1. The van der Waals surface area contributed by atoms with E-state index in [9.17, 15) is 8.42 Å². The lowest BCUT2D eigenvalue weighted by atomic mass is 9.94. The summed E-state index contributed by atoms with van der Waals surface area (Å²) in [6.45, 7) is 0. The van der Waals surface area contributed by atoms with Crippen molar-refractivity contribution in [3.63, 3.8) is 0 Å². The van der Waals surface area contributed by atoms with E-state index >= 15 is 0 Å². The zero-order valence-electron chi connectivity index (χ0n) is 9.56. The molecule has 1 saturated heterocycles. The summed E-state index contributed by atoms with van der Waals surface area (Å²) in [5, 5.41) is 3.20. The van der Waals surface area contributed by atoms with Crippen molar-refractivity contribution in [2.24, 2.45) is 5.92 Å². The highest BCUT2D eigenvalue weighted by Gasteiger charge is 2.33. The molecule has 0 bridgehead atoms. The first kappa shape index (κ1) is 13.0. The molecule has 0 aliphatic carbocycles. The zero-order chi connectivity index (χ0) is 12.5. The summed E-state index contributed by atoms with van der Waals surface area (Å²) in [6.07, 6.45) is 4.23. The molecule has 0 aromatic carbocycles. The molecule has 17 heavy (non-hydrogen) atoms. The molecule has 1 aromatic heterocycles. The standard InChI is InChI=1S/C11H15BrN2O2S/c1-13-11(8-2-3-17(15,16)7-8)9-4-10(12)6-14-5-9/h4-6,8,11,13H,2-3,7H2,1H3. The van der Waals surface area contributed by atoms with Crippen LogP contribution in [0.25, 0.3) is 0 Å². The van der Waals surface area contributed by atoms with Gasteiger partial charge in [-0.2, -0.15) is 0 Å². The van der Waals surface area contributed by atoms with Crippen LogP contribution in [0.15, 0.2) is 22.9 Å². The maximum absolute atomic E-state index is 11.5. The highest BCUT2D eigenvalue weighted by atomic mass is 79.9. The van der Waals surface area contributed by atoms with Crippen LogP contribution in [-0.4, -0.2) is 32.0 Å². The maximum atomic E-state index is 11.5. The van der Waals surface area contributed by atoms with Gasteiger partial charge in [-0.25, -0.2) is 8.42 Å². The van der Waals surface area contributed by atoms with E-state index in [1.807, 2.05) is 13.1 Å². The zero-order valence-corrected chi connectivity index (χ0v) is 12.0. The lowest BCUT2D eigenvalue weighted by Gasteiger charge is -2.22. The Balaban J connectivity index is 2.23. The third kappa shape index (κ3) is 3.05. The Labute approximate surface area is 110 Å². The van der Waals surface area contributed by atoms with Crippen molar-refractivity contribution in [2.45, 2.75) is 12.5 Å². The number of aromatic nitrogens is 1. The number of pyridine rings is 1. The van der Waals surface area contributed by atoms with E-state index in [1.165, 1.54) is 0 Å². The molecule has 94 valence electrons. The molecular weight excluding hydrogens is 304 g/mol. The number of sulfone groups is 1. The van der Waals surface area contributed by atoms with E-state index in [0.29, 0.717) is 5.75 Å². The number of hydrogen-bond donors (Lipinski definition) is 1. The summed E-state index contributed by atoms with van der Waals surface area (Å²) in [5.41, 5.74) is 1.03. The minimum atomic E-state index is -2.84. The highest BCUT2D eigenvalue weighted by molar-refractivity contribution is 9.10. The SMILES string of the molecule is CNC(c1cncc(Br)c1)C1CCS(=O)(=O)C1. The minimum Gasteiger partial charge on any atom is -0.313 e. The molecule has 1 aliphatic heterocycles. The van der Waals surface area contributed by atoms with E-state index in [1.54, 1.807) is 12.4 Å². The fraction of sp³-hybridized carbons (Fsp3) is 0.545. The van der Waals surface area contributed by atoms with Crippen molar-refractivity contribution in [3.05, 3.63) is 28.5 Å².